The Labute approximate surface area is 199 Å². The summed E-state index contributed by atoms with van der Waals surface area (Å²) in [7, 11) is 1.67. The largest absolute Gasteiger partial charge is 1.00 e. The molecule has 0 aliphatic rings. The van der Waals surface area contributed by atoms with Crippen molar-refractivity contribution in [2.24, 2.45) is 10.2 Å². The molecular weight excluding hydrogens is 366 g/mol. The van der Waals surface area contributed by atoms with Crippen molar-refractivity contribution in [2.45, 2.75) is 0 Å². The summed E-state index contributed by atoms with van der Waals surface area (Å²) in [6.45, 7) is 0. The molecule has 0 aliphatic heterocycles. The van der Waals surface area contributed by atoms with Gasteiger partial charge in [-0.3, -0.25) is 0 Å². The molecule has 0 radical (unpaired) electrons. The van der Waals surface area contributed by atoms with Crippen LogP contribution in [0.25, 0.3) is 11.3 Å². The van der Waals surface area contributed by atoms with E-state index >= 15 is 0 Å². The van der Waals surface area contributed by atoms with Gasteiger partial charge in [0.05, 0.1) is 0 Å². The fourth-order valence-corrected chi connectivity index (χ4v) is 3.76. The van der Waals surface area contributed by atoms with Crippen LogP contribution in [-0.4, -0.2) is 12.0 Å². The summed E-state index contributed by atoms with van der Waals surface area (Å²) in [4.78, 5) is 7.03. The van der Waals surface area contributed by atoms with Crippen LogP contribution < -0.4 is 42.6 Å². The summed E-state index contributed by atoms with van der Waals surface area (Å²) in [5.74, 6) is 0. The van der Waals surface area contributed by atoms with E-state index < -0.39 is 0 Å². The van der Waals surface area contributed by atoms with Gasteiger partial charge in [0.1, 0.15) is 5.69 Å². The van der Waals surface area contributed by atoms with Gasteiger partial charge >= 0.3 is 37.7 Å². The molecule has 0 saturated carbocycles. The third-order valence-electron chi connectivity index (χ3n) is 3.94. The Bertz CT molecular complexity index is 999. The average Bonchev–Trinajstić information content (AvgIpc) is 3.14. The summed E-state index contributed by atoms with van der Waals surface area (Å²) in [5, 5.41) is 9.91. The van der Waals surface area contributed by atoms with E-state index in [1.807, 2.05) is 78.9 Å². The standard InChI is InChI=1S/C22H16N4S.2Li/c1-23-25-21-20(17-11-5-2-6-12-17)24-22(27-21)26(18-13-7-3-8-14-18)19-15-9-4-10-16-19;;/h2,5-16H,1H3;;/q-2;2*+1. The van der Waals surface area contributed by atoms with Crippen LogP contribution in [0.5, 0.6) is 0 Å². The Kier molecular flexibility index (Phi) is 8.92. The molecule has 1 aromatic heterocycles. The second-order valence-electron chi connectivity index (χ2n) is 5.67. The van der Waals surface area contributed by atoms with Gasteiger partial charge in [-0.15, -0.1) is 29.4 Å². The fraction of sp³-hybridized carbons (Fsp3) is 0.0455. The molecule has 4 nitrogen and oxygen atoms in total. The third kappa shape index (κ3) is 5.28. The molecule has 3 aromatic carbocycles. The van der Waals surface area contributed by atoms with Gasteiger partial charge in [0, 0.05) is 12.6 Å². The van der Waals surface area contributed by atoms with Crippen molar-refractivity contribution in [3.63, 3.8) is 0 Å². The zero-order chi connectivity index (χ0) is 18.5. The number of nitrogens with zero attached hydrogens (tertiary/aromatic N) is 4. The second kappa shape index (κ2) is 11.2. The van der Waals surface area contributed by atoms with Crippen molar-refractivity contribution in [1.29, 1.82) is 0 Å². The topological polar surface area (TPSA) is 40.9 Å². The minimum atomic E-state index is 0. The number of anilines is 3. The van der Waals surface area contributed by atoms with Crippen molar-refractivity contribution in [3.05, 3.63) is 91.0 Å². The molecule has 0 aliphatic carbocycles. The van der Waals surface area contributed by atoms with Crippen LogP contribution in [-0.2, 0) is 0 Å². The van der Waals surface area contributed by atoms with Gasteiger partial charge in [0.25, 0.3) is 0 Å². The summed E-state index contributed by atoms with van der Waals surface area (Å²) in [5.41, 5.74) is 3.86. The maximum atomic E-state index is 4.92. The molecule has 1 heterocycles. The van der Waals surface area contributed by atoms with E-state index in [0.717, 1.165) is 32.8 Å². The molecule has 4 rings (SSSR count). The quantitative estimate of drug-likeness (QED) is 0.288. The Morgan fingerprint density at radius 2 is 1.38 bits per heavy atom. The number of benzene rings is 3. The Morgan fingerprint density at radius 1 is 0.828 bits per heavy atom. The molecular formula is C22H16Li2N4S. The molecule has 7 heteroatoms. The monoisotopic (exact) mass is 382 g/mol. The predicted molar refractivity (Wildman–Crippen MR) is 110 cm³/mol. The molecule has 132 valence electrons. The molecule has 0 N–H and O–H groups in total. The van der Waals surface area contributed by atoms with Crippen LogP contribution >= 0.6 is 11.3 Å². The van der Waals surface area contributed by atoms with E-state index in [9.17, 15) is 0 Å². The molecule has 0 spiro atoms. The molecule has 0 unspecified atom stereocenters. The first-order valence-electron chi connectivity index (χ1n) is 8.45. The summed E-state index contributed by atoms with van der Waals surface area (Å²) >= 11 is 1.51. The average molecular weight is 382 g/mol. The van der Waals surface area contributed by atoms with Crippen molar-refractivity contribution >= 4 is 32.8 Å². The third-order valence-corrected chi connectivity index (χ3v) is 4.87. The normalized spacial score (nSPS) is 10.2. The van der Waals surface area contributed by atoms with Gasteiger partial charge in [-0.2, -0.15) is 41.5 Å². The first-order chi connectivity index (χ1) is 13.4. The van der Waals surface area contributed by atoms with Gasteiger partial charge < -0.3 is 4.90 Å². The maximum Gasteiger partial charge on any atom is 1.00 e. The Hall–Kier alpha value is -2.12. The SMILES string of the molecule is CN=Nc1sc(N(c2cc[c-]cc2)c2cc[c-]cc2)nc1-c1ccccc1.[Li+].[Li+]. The van der Waals surface area contributed by atoms with E-state index in [-0.39, 0.29) is 37.7 Å². The number of thiazole rings is 1. The summed E-state index contributed by atoms with van der Waals surface area (Å²) in [6, 6.07) is 31.9. The van der Waals surface area contributed by atoms with Gasteiger partial charge in [-0.1, -0.05) is 53.0 Å². The van der Waals surface area contributed by atoms with E-state index in [1.54, 1.807) is 7.05 Å². The predicted octanol–water partition coefficient (Wildman–Crippen LogP) is 0.602. The zero-order valence-electron chi connectivity index (χ0n) is 16.7. The number of azo groups is 1. The summed E-state index contributed by atoms with van der Waals surface area (Å²) in [6.07, 6.45) is 0. The number of hydrogen-bond donors (Lipinski definition) is 0. The molecule has 4 aromatic rings. The maximum absolute atomic E-state index is 4.92. The van der Waals surface area contributed by atoms with Crippen molar-refractivity contribution in [3.8, 4) is 11.3 Å². The van der Waals surface area contributed by atoms with E-state index in [1.165, 1.54) is 11.3 Å². The Morgan fingerprint density at radius 3 is 1.90 bits per heavy atom. The van der Waals surface area contributed by atoms with E-state index in [2.05, 4.69) is 27.3 Å². The molecule has 0 atom stereocenters. The summed E-state index contributed by atoms with van der Waals surface area (Å²) < 4.78 is 0. The van der Waals surface area contributed by atoms with Crippen molar-refractivity contribution in [1.82, 2.24) is 4.98 Å². The van der Waals surface area contributed by atoms with Crippen LogP contribution in [0.2, 0.25) is 0 Å². The van der Waals surface area contributed by atoms with Crippen LogP contribution in [0, 0.1) is 12.1 Å². The van der Waals surface area contributed by atoms with E-state index in [0.29, 0.717) is 0 Å². The van der Waals surface area contributed by atoms with Gasteiger partial charge in [0.15, 0.2) is 10.1 Å². The minimum absolute atomic E-state index is 0. The first-order valence-corrected chi connectivity index (χ1v) is 9.27. The molecule has 0 amide bonds. The zero-order valence-corrected chi connectivity index (χ0v) is 17.5. The van der Waals surface area contributed by atoms with Gasteiger partial charge in [0.2, 0.25) is 0 Å². The molecule has 0 saturated heterocycles. The fourth-order valence-electron chi connectivity index (χ4n) is 2.76. The van der Waals surface area contributed by atoms with Gasteiger partial charge in [-0.05, 0) is 0 Å². The first kappa shape index (κ1) is 23.2. The minimum Gasteiger partial charge on any atom is -0.334 e. The van der Waals surface area contributed by atoms with Crippen LogP contribution in [0.4, 0.5) is 21.5 Å². The second-order valence-corrected chi connectivity index (χ2v) is 6.62. The van der Waals surface area contributed by atoms with E-state index in [4.69, 9.17) is 4.98 Å². The molecule has 0 fully saturated rings. The van der Waals surface area contributed by atoms with Crippen molar-refractivity contribution < 1.29 is 37.7 Å². The van der Waals surface area contributed by atoms with Crippen LogP contribution in [0.15, 0.2) is 89.1 Å². The Balaban J connectivity index is 0.00000150. The number of rotatable bonds is 5. The van der Waals surface area contributed by atoms with Gasteiger partial charge in [-0.25, -0.2) is 4.98 Å². The van der Waals surface area contributed by atoms with Crippen LogP contribution in [0.1, 0.15) is 0 Å². The molecule has 29 heavy (non-hydrogen) atoms. The number of hydrogen-bond acceptors (Lipinski definition) is 5. The smallest absolute Gasteiger partial charge is 0.334 e. The number of aromatic nitrogens is 1. The van der Waals surface area contributed by atoms with Crippen molar-refractivity contribution in [2.75, 3.05) is 11.9 Å². The van der Waals surface area contributed by atoms with Crippen LogP contribution in [0.3, 0.4) is 0 Å². The molecule has 0 bridgehead atoms.